The van der Waals surface area contributed by atoms with E-state index in [9.17, 15) is 0 Å². The van der Waals surface area contributed by atoms with Crippen LogP contribution in [0.15, 0.2) is 24.3 Å². The standard InChI is InChI=1S/C17H27NO/c1-3-13-9-11-14(12-10-13)17(18)15-7-5-6-8-16(15)19-4-2/h5-8,13-14,17H,3-4,9-12,18H2,1-2H3. The minimum atomic E-state index is 0.126. The predicted octanol–water partition coefficient (Wildman–Crippen LogP) is 4.30. The molecule has 2 heteroatoms. The van der Waals surface area contributed by atoms with E-state index in [4.69, 9.17) is 10.5 Å². The highest BCUT2D eigenvalue weighted by molar-refractivity contribution is 5.36. The number of hydrogen-bond acceptors (Lipinski definition) is 2. The number of rotatable bonds is 5. The Morgan fingerprint density at radius 1 is 1.16 bits per heavy atom. The van der Waals surface area contributed by atoms with Gasteiger partial charge < -0.3 is 10.5 Å². The Balaban J connectivity index is 2.05. The maximum absolute atomic E-state index is 6.51. The Bertz CT molecular complexity index is 383. The lowest BCUT2D eigenvalue weighted by molar-refractivity contribution is 0.236. The van der Waals surface area contributed by atoms with Crippen molar-refractivity contribution in [2.24, 2.45) is 17.6 Å². The van der Waals surface area contributed by atoms with Gasteiger partial charge in [-0.15, -0.1) is 0 Å². The minimum absolute atomic E-state index is 0.126. The second-order valence-electron chi connectivity index (χ2n) is 5.69. The van der Waals surface area contributed by atoms with Crippen LogP contribution in [-0.2, 0) is 0 Å². The van der Waals surface area contributed by atoms with E-state index < -0.39 is 0 Å². The van der Waals surface area contributed by atoms with E-state index in [-0.39, 0.29) is 6.04 Å². The molecule has 1 aliphatic rings. The van der Waals surface area contributed by atoms with Crippen LogP contribution in [0.3, 0.4) is 0 Å². The third kappa shape index (κ3) is 3.50. The summed E-state index contributed by atoms with van der Waals surface area (Å²) in [7, 11) is 0. The van der Waals surface area contributed by atoms with Gasteiger partial charge in [0.25, 0.3) is 0 Å². The molecule has 0 aromatic heterocycles. The van der Waals surface area contributed by atoms with Crippen molar-refractivity contribution in [3.05, 3.63) is 29.8 Å². The monoisotopic (exact) mass is 261 g/mol. The third-order valence-corrected chi connectivity index (χ3v) is 4.55. The van der Waals surface area contributed by atoms with Crippen LogP contribution >= 0.6 is 0 Å². The minimum Gasteiger partial charge on any atom is -0.494 e. The molecule has 0 radical (unpaired) electrons. The Morgan fingerprint density at radius 2 is 1.84 bits per heavy atom. The smallest absolute Gasteiger partial charge is 0.124 e. The van der Waals surface area contributed by atoms with Gasteiger partial charge in [-0.3, -0.25) is 0 Å². The summed E-state index contributed by atoms with van der Waals surface area (Å²) < 4.78 is 5.71. The zero-order valence-corrected chi connectivity index (χ0v) is 12.3. The molecule has 19 heavy (non-hydrogen) atoms. The SMILES string of the molecule is CCOc1ccccc1C(N)C1CCC(CC)CC1. The lowest BCUT2D eigenvalue weighted by Gasteiger charge is -2.32. The van der Waals surface area contributed by atoms with Gasteiger partial charge >= 0.3 is 0 Å². The van der Waals surface area contributed by atoms with Crippen molar-refractivity contribution in [2.75, 3.05) is 6.61 Å². The molecule has 1 aromatic carbocycles. The van der Waals surface area contributed by atoms with Gasteiger partial charge in [0.2, 0.25) is 0 Å². The van der Waals surface area contributed by atoms with Crippen molar-refractivity contribution < 1.29 is 4.74 Å². The molecule has 0 aliphatic heterocycles. The first-order valence-electron chi connectivity index (χ1n) is 7.73. The van der Waals surface area contributed by atoms with Crippen molar-refractivity contribution in [3.8, 4) is 5.75 Å². The van der Waals surface area contributed by atoms with Crippen molar-refractivity contribution in [1.82, 2.24) is 0 Å². The summed E-state index contributed by atoms with van der Waals surface area (Å²) in [5.41, 5.74) is 7.69. The fourth-order valence-electron chi connectivity index (χ4n) is 3.25. The Hall–Kier alpha value is -1.02. The van der Waals surface area contributed by atoms with Gasteiger partial charge in [0, 0.05) is 11.6 Å². The van der Waals surface area contributed by atoms with Crippen LogP contribution in [0, 0.1) is 11.8 Å². The van der Waals surface area contributed by atoms with Gasteiger partial charge in [-0.2, -0.15) is 0 Å². The van der Waals surface area contributed by atoms with Gasteiger partial charge in [0.1, 0.15) is 5.75 Å². The van der Waals surface area contributed by atoms with Crippen LogP contribution in [0.4, 0.5) is 0 Å². The van der Waals surface area contributed by atoms with Gasteiger partial charge in [-0.1, -0.05) is 44.4 Å². The van der Waals surface area contributed by atoms with Crippen molar-refractivity contribution >= 4 is 0 Å². The molecule has 1 fully saturated rings. The van der Waals surface area contributed by atoms with Crippen molar-refractivity contribution in [1.29, 1.82) is 0 Å². The van der Waals surface area contributed by atoms with Crippen molar-refractivity contribution in [3.63, 3.8) is 0 Å². The van der Waals surface area contributed by atoms with E-state index in [1.807, 2.05) is 19.1 Å². The average Bonchev–Trinajstić information content (AvgIpc) is 2.47. The number of ether oxygens (including phenoxy) is 1. The largest absolute Gasteiger partial charge is 0.494 e. The molecule has 1 saturated carbocycles. The second kappa shape index (κ2) is 6.95. The van der Waals surface area contributed by atoms with Crippen LogP contribution in [0.25, 0.3) is 0 Å². The molecular weight excluding hydrogens is 234 g/mol. The van der Waals surface area contributed by atoms with E-state index in [2.05, 4.69) is 19.1 Å². The maximum atomic E-state index is 6.51. The molecule has 1 atom stereocenters. The molecule has 0 bridgehead atoms. The summed E-state index contributed by atoms with van der Waals surface area (Å²) in [6, 6.07) is 8.38. The fourth-order valence-corrected chi connectivity index (χ4v) is 3.25. The third-order valence-electron chi connectivity index (χ3n) is 4.55. The summed E-state index contributed by atoms with van der Waals surface area (Å²) in [6.07, 6.45) is 6.52. The molecule has 0 amide bonds. The topological polar surface area (TPSA) is 35.2 Å². The van der Waals surface area contributed by atoms with E-state index >= 15 is 0 Å². The first-order chi connectivity index (χ1) is 9.26. The first-order valence-corrected chi connectivity index (χ1v) is 7.73. The van der Waals surface area contributed by atoms with E-state index in [1.165, 1.54) is 37.7 Å². The van der Waals surface area contributed by atoms with Crippen LogP contribution in [0.5, 0.6) is 5.75 Å². The van der Waals surface area contributed by atoms with Gasteiger partial charge in [0.05, 0.1) is 6.61 Å². The van der Waals surface area contributed by atoms with E-state index in [1.54, 1.807) is 0 Å². The highest BCUT2D eigenvalue weighted by atomic mass is 16.5. The molecule has 0 saturated heterocycles. The quantitative estimate of drug-likeness (QED) is 0.857. The molecule has 1 aromatic rings. The van der Waals surface area contributed by atoms with Crippen LogP contribution in [-0.4, -0.2) is 6.61 Å². The van der Waals surface area contributed by atoms with Gasteiger partial charge in [0.15, 0.2) is 0 Å². The van der Waals surface area contributed by atoms with Gasteiger partial charge in [-0.05, 0) is 37.7 Å². The first kappa shape index (κ1) is 14.4. The summed E-state index contributed by atoms with van der Waals surface area (Å²) in [5.74, 6) is 2.50. The summed E-state index contributed by atoms with van der Waals surface area (Å²) >= 11 is 0. The number of para-hydroxylation sites is 1. The molecule has 1 aliphatic carbocycles. The normalized spacial score (nSPS) is 25.0. The average molecular weight is 261 g/mol. The Labute approximate surface area is 117 Å². The highest BCUT2D eigenvalue weighted by Gasteiger charge is 2.27. The number of benzene rings is 1. The van der Waals surface area contributed by atoms with Crippen molar-refractivity contribution in [2.45, 2.75) is 52.0 Å². The molecule has 0 heterocycles. The molecule has 2 N–H and O–H groups in total. The van der Waals surface area contributed by atoms with Crippen LogP contribution < -0.4 is 10.5 Å². The summed E-state index contributed by atoms with van der Waals surface area (Å²) in [5, 5.41) is 0. The Morgan fingerprint density at radius 3 is 2.47 bits per heavy atom. The predicted molar refractivity (Wildman–Crippen MR) is 80.3 cm³/mol. The lowest BCUT2D eigenvalue weighted by atomic mass is 9.76. The molecular formula is C17H27NO. The number of hydrogen-bond donors (Lipinski definition) is 1. The molecule has 2 rings (SSSR count). The lowest BCUT2D eigenvalue weighted by Crippen LogP contribution is -2.26. The van der Waals surface area contributed by atoms with Crippen LogP contribution in [0.1, 0.15) is 57.6 Å². The zero-order chi connectivity index (χ0) is 13.7. The summed E-state index contributed by atoms with van der Waals surface area (Å²) in [6.45, 7) is 5.02. The van der Waals surface area contributed by atoms with E-state index in [0.29, 0.717) is 12.5 Å². The maximum Gasteiger partial charge on any atom is 0.124 e. The van der Waals surface area contributed by atoms with E-state index in [0.717, 1.165) is 11.7 Å². The van der Waals surface area contributed by atoms with Gasteiger partial charge in [-0.25, -0.2) is 0 Å². The zero-order valence-electron chi connectivity index (χ0n) is 12.3. The highest BCUT2D eigenvalue weighted by Crippen LogP contribution is 2.39. The second-order valence-corrected chi connectivity index (χ2v) is 5.69. The Kier molecular flexibility index (Phi) is 5.26. The van der Waals surface area contributed by atoms with Crippen LogP contribution in [0.2, 0.25) is 0 Å². The fraction of sp³-hybridized carbons (Fsp3) is 0.647. The molecule has 106 valence electrons. The molecule has 1 unspecified atom stereocenters. The summed E-state index contributed by atoms with van der Waals surface area (Å²) in [4.78, 5) is 0. The molecule has 2 nitrogen and oxygen atoms in total. The number of nitrogens with two attached hydrogens (primary N) is 1. The molecule has 0 spiro atoms.